The van der Waals surface area contributed by atoms with Crippen LogP contribution in [0, 0.1) is 58.0 Å². The van der Waals surface area contributed by atoms with Gasteiger partial charge in [0.2, 0.25) is 0 Å². The maximum absolute atomic E-state index is 14.2. The molecule has 10 rings (SSSR count). The van der Waals surface area contributed by atoms with Crippen LogP contribution >= 0.6 is 0 Å². The number of aliphatic hydroxyl groups excluding tert-OH is 7. The van der Waals surface area contributed by atoms with Crippen molar-refractivity contribution >= 4 is 5.97 Å². The van der Waals surface area contributed by atoms with Gasteiger partial charge in [-0.3, -0.25) is 0 Å². The number of carbonyl (C=O) groups excluding carboxylic acids is 1. The lowest BCUT2D eigenvalue weighted by atomic mass is 9.47. The number of allylic oxidation sites excluding steroid dienone is 1. The van der Waals surface area contributed by atoms with Gasteiger partial charge in [0, 0.05) is 18.4 Å². The van der Waals surface area contributed by atoms with Crippen molar-refractivity contribution in [3.05, 3.63) is 47.0 Å². The van der Waals surface area contributed by atoms with Crippen molar-refractivity contribution in [1.29, 1.82) is 0 Å². The van der Waals surface area contributed by atoms with Crippen LogP contribution in [0.4, 0.5) is 8.78 Å². The molecule has 5 heterocycles. The summed E-state index contributed by atoms with van der Waals surface area (Å²) in [5.41, 5.74) is 0.829. The summed E-state index contributed by atoms with van der Waals surface area (Å²) in [4.78, 5) is 12.6. The molecule has 70 heavy (non-hydrogen) atoms. The molecule has 392 valence electrons. The number of carbonyl (C=O) groups is 1. The van der Waals surface area contributed by atoms with E-state index in [1.165, 1.54) is 12.5 Å². The minimum atomic E-state index is -1.79. The Labute approximate surface area is 406 Å². The van der Waals surface area contributed by atoms with Crippen molar-refractivity contribution < 1.29 is 92.0 Å². The Bertz CT molecular complexity index is 2090. The molecule has 17 nitrogen and oxygen atoms in total. The lowest BCUT2D eigenvalue weighted by Crippen LogP contribution is -2.65. The van der Waals surface area contributed by atoms with Gasteiger partial charge in [-0.05, 0) is 111 Å². The minimum Gasteiger partial charge on any atom is -0.459 e. The summed E-state index contributed by atoms with van der Waals surface area (Å²) in [6.45, 7) is 10.3. The number of halogens is 2. The van der Waals surface area contributed by atoms with E-state index in [0.717, 1.165) is 63.7 Å². The number of esters is 1. The van der Waals surface area contributed by atoms with Gasteiger partial charge >= 0.3 is 5.97 Å². The van der Waals surface area contributed by atoms with Crippen molar-refractivity contribution in [2.45, 2.75) is 196 Å². The van der Waals surface area contributed by atoms with Crippen molar-refractivity contribution in [1.82, 2.24) is 0 Å². The Morgan fingerprint density at radius 1 is 0.786 bits per heavy atom. The van der Waals surface area contributed by atoms with Gasteiger partial charge in [-0.15, -0.1) is 0 Å². The zero-order chi connectivity index (χ0) is 49.8. The normalized spacial score (nSPS) is 51.0. The number of aliphatic hydroxyl groups is 7. The van der Waals surface area contributed by atoms with Crippen LogP contribution in [0.3, 0.4) is 0 Å². The van der Waals surface area contributed by atoms with Crippen LogP contribution in [0.25, 0.3) is 0 Å². The minimum absolute atomic E-state index is 0.0687. The molecule has 4 aliphatic carbocycles. The second kappa shape index (κ2) is 19.4. The fraction of sp³-hybridized carbons (Fsp3) is 0.824. The molecule has 0 aromatic heterocycles. The van der Waals surface area contributed by atoms with Gasteiger partial charge in [0.05, 0.1) is 37.1 Å². The molecule has 5 aliphatic heterocycles. The van der Waals surface area contributed by atoms with E-state index in [1.807, 2.05) is 0 Å². The molecule has 1 aromatic carbocycles. The average molecular weight is 995 g/mol. The predicted molar refractivity (Wildman–Crippen MR) is 238 cm³/mol. The first kappa shape index (κ1) is 51.2. The highest BCUT2D eigenvalue weighted by Crippen LogP contribution is 2.70. The largest absolute Gasteiger partial charge is 0.459 e. The molecule has 19 heteroatoms. The monoisotopic (exact) mass is 994 g/mol. The zero-order valence-corrected chi connectivity index (χ0v) is 40.5. The molecule has 25 atom stereocenters. The van der Waals surface area contributed by atoms with E-state index in [9.17, 15) is 49.3 Å². The summed E-state index contributed by atoms with van der Waals surface area (Å²) in [5, 5.41) is 76.8. The second-order valence-electron chi connectivity index (χ2n) is 22.6. The molecule has 1 spiro atoms. The number of ether oxygens (including phenoxy) is 9. The SMILES string of the molecule is C[C@@H]1CC[C@@]2(OC1)OC1CC3C4CC=C5C[C@@H](O[C@@H]6O[C@H](CO)[C@@H](O[C@@H]7O[C@@H](COC(=O)c8ccc(F)cc8F)[C@H](O)[C@H]7O)[C@H](O)[C@H]6O[C@@H]6O[C@@H](C)[C@H](O)[C@@H](O)[C@H]6O)CC[C@]5(C)C4CC[C@]3(C)C1[C@@H]2C. The van der Waals surface area contributed by atoms with E-state index < -0.39 is 134 Å². The van der Waals surface area contributed by atoms with Crippen molar-refractivity contribution in [2.75, 3.05) is 19.8 Å². The first-order chi connectivity index (χ1) is 33.3. The Kier molecular flexibility index (Phi) is 14.2. The first-order valence-corrected chi connectivity index (χ1v) is 25.5. The maximum atomic E-state index is 14.2. The number of hydrogen-bond donors (Lipinski definition) is 7. The molecule has 0 bridgehead atoms. The number of rotatable bonds is 10. The van der Waals surface area contributed by atoms with Crippen LogP contribution in [0.2, 0.25) is 0 Å². The molecule has 9 aliphatic rings. The third-order valence-electron chi connectivity index (χ3n) is 18.7. The predicted octanol–water partition coefficient (Wildman–Crippen LogP) is 3.00. The number of hydrogen-bond acceptors (Lipinski definition) is 17. The summed E-state index contributed by atoms with van der Waals surface area (Å²) in [5.74, 6) is -0.850. The summed E-state index contributed by atoms with van der Waals surface area (Å²) in [6.07, 6.45) is -11.1. The third kappa shape index (κ3) is 8.71. The van der Waals surface area contributed by atoms with Gasteiger partial charge in [0.25, 0.3) is 0 Å². The third-order valence-corrected chi connectivity index (χ3v) is 18.7. The van der Waals surface area contributed by atoms with Gasteiger partial charge in [-0.25, -0.2) is 13.6 Å². The van der Waals surface area contributed by atoms with Crippen molar-refractivity contribution in [3.8, 4) is 0 Å². The smallest absolute Gasteiger partial charge is 0.341 e. The summed E-state index contributed by atoms with van der Waals surface area (Å²) >= 11 is 0. The van der Waals surface area contributed by atoms with Crippen molar-refractivity contribution in [3.63, 3.8) is 0 Å². The molecule has 1 aromatic rings. The van der Waals surface area contributed by atoms with E-state index in [0.29, 0.717) is 54.4 Å². The van der Waals surface area contributed by atoms with Gasteiger partial charge < -0.3 is 78.4 Å². The number of benzene rings is 1. The van der Waals surface area contributed by atoms with E-state index in [4.69, 9.17) is 42.6 Å². The Balaban J connectivity index is 0.830. The molecule has 5 unspecified atom stereocenters. The maximum Gasteiger partial charge on any atom is 0.341 e. The highest BCUT2D eigenvalue weighted by Gasteiger charge is 2.69. The fourth-order valence-corrected chi connectivity index (χ4v) is 14.7. The van der Waals surface area contributed by atoms with Gasteiger partial charge in [0.15, 0.2) is 24.7 Å². The highest BCUT2D eigenvalue weighted by molar-refractivity contribution is 5.89. The molecule has 7 N–H and O–H groups in total. The quantitative estimate of drug-likeness (QED) is 0.132. The molecular weight excluding hydrogens is 923 g/mol. The van der Waals surface area contributed by atoms with Gasteiger partial charge in [-0.1, -0.05) is 39.3 Å². The number of fused-ring (bicyclic) bond motifs is 7. The molecule has 0 amide bonds. The molecule has 5 saturated heterocycles. The van der Waals surface area contributed by atoms with E-state index in [-0.39, 0.29) is 16.9 Å². The Hall–Kier alpha value is -2.31. The summed E-state index contributed by atoms with van der Waals surface area (Å²) in [6, 6.07) is 2.27. The van der Waals surface area contributed by atoms with Crippen LogP contribution in [0.1, 0.15) is 103 Å². The molecular formula is C51H72F2O17. The average Bonchev–Trinajstić information content (AvgIpc) is 3.89. The van der Waals surface area contributed by atoms with Gasteiger partial charge in [-0.2, -0.15) is 0 Å². The van der Waals surface area contributed by atoms with E-state index >= 15 is 0 Å². The van der Waals surface area contributed by atoms with Crippen LogP contribution in [-0.4, -0.2) is 166 Å². The van der Waals surface area contributed by atoms with E-state index in [1.54, 1.807) is 0 Å². The standard InChI is InChI=1S/C51H72F2O17/c1-22-10-15-51(63-20-22)23(2)36-33(70-51)18-31-28-8-6-25-16-27(11-13-49(25,4)30(28)12-14-50(31,36)5)65-48-44(69-46-41(59)39(57)37(55)24(3)64-46)42(60)43(34(19-54)66-48)68-47-40(58)38(56)35(67-47)21-62-45(61)29-9-7-26(52)17-32(29)53/h6-7,9,17,22-24,27-28,30-31,33-44,46-48,54-60H,8,10-16,18-21H2,1-5H3/t22-,23+,24+,27+,28?,30?,31?,33?,34-,35+,36?,37+,38+,39-,40-,41-,42+,43-,44-,46+,47+,48-,49+,50+,51-/m1/s1. The molecule has 3 saturated carbocycles. The zero-order valence-electron chi connectivity index (χ0n) is 40.5. The van der Waals surface area contributed by atoms with Crippen LogP contribution in [0.15, 0.2) is 29.8 Å². The second-order valence-corrected chi connectivity index (χ2v) is 22.6. The van der Waals surface area contributed by atoms with Gasteiger partial charge in [0.1, 0.15) is 79.3 Å². The van der Waals surface area contributed by atoms with E-state index in [2.05, 4.69) is 33.8 Å². The Morgan fingerprint density at radius 3 is 2.24 bits per heavy atom. The first-order valence-electron chi connectivity index (χ1n) is 25.5. The molecule has 8 fully saturated rings. The van der Waals surface area contributed by atoms with Crippen LogP contribution in [-0.2, 0) is 42.6 Å². The van der Waals surface area contributed by atoms with Crippen LogP contribution in [0.5, 0.6) is 0 Å². The Morgan fingerprint density at radius 2 is 1.51 bits per heavy atom. The fourth-order valence-electron chi connectivity index (χ4n) is 14.7. The van der Waals surface area contributed by atoms with Crippen molar-refractivity contribution in [2.24, 2.45) is 46.3 Å². The lowest BCUT2D eigenvalue weighted by molar-refractivity contribution is -0.380. The molecule has 0 radical (unpaired) electrons. The summed E-state index contributed by atoms with van der Waals surface area (Å²) in [7, 11) is 0. The highest BCUT2D eigenvalue weighted by atomic mass is 19.1. The van der Waals surface area contributed by atoms with Crippen LogP contribution < -0.4 is 0 Å². The summed E-state index contributed by atoms with van der Waals surface area (Å²) < 4.78 is 83.1. The lowest BCUT2D eigenvalue weighted by Gasteiger charge is -2.58. The topological polar surface area (TPSA) is 242 Å².